The molecule has 0 aliphatic rings. The Morgan fingerprint density at radius 2 is 1.95 bits per heavy atom. The van der Waals surface area contributed by atoms with E-state index in [1.807, 2.05) is 0 Å². The Bertz CT molecular complexity index is 482. The molecule has 1 unspecified atom stereocenters. The molecule has 0 aromatic heterocycles. The molecule has 0 bridgehead atoms. The highest BCUT2D eigenvalue weighted by molar-refractivity contribution is 5.92. The first kappa shape index (κ1) is 14.8. The number of halogens is 2. The highest BCUT2D eigenvalue weighted by atomic mass is 19.2. The zero-order valence-corrected chi connectivity index (χ0v) is 9.69. The maximum atomic E-state index is 12.9. The molecule has 0 aliphatic carbocycles. The summed E-state index contributed by atoms with van der Waals surface area (Å²) in [4.78, 5) is 22.1. The molecule has 0 fully saturated rings. The highest BCUT2D eigenvalue weighted by Crippen LogP contribution is 2.12. The topological polar surface area (TPSA) is 98.7 Å². The first-order chi connectivity index (χ1) is 8.93. The van der Waals surface area contributed by atoms with Gasteiger partial charge in [-0.05, 0) is 12.1 Å². The van der Waals surface area contributed by atoms with Crippen molar-refractivity contribution in [2.75, 3.05) is 11.9 Å². The molecule has 0 saturated carbocycles. The molecule has 1 aromatic carbocycles. The Kier molecular flexibility index (Phi) is 5.19. The molecular formula is C11H12F2N2O4. The summed E-state index contributed by atoms with van der Waals surface area (Å²) in [7, 11) is 0. The number of aliphatic hydroxyl groups is 1. The second-order valence-electron chi connectivity index (χ2n) is 3.63. The lowest BCUT2D eigenvalue weighted by Gasteiger charge is -2.14. The van der Waals surface area contributed by atoms with Crippen LogP contribution in [0.4, 0.5) is 19.3 Å². The van der Waals surface area contributed by atoms with Gasteiger partial charge in [-0.2, -0.15) is 0 Å². The van der Waals surface area contributed by atoms with Gasteiger partial charge in [-0.3, -0.25) is 0 Å². The molecule has 0 aliphatic heterocycles. The molecule has 8 heteroatoms. The molecule has 6 nitrogen and oxygen atoms in total. The third-order valence-corrected chi connectivity index (χ3v) is 2.20. The van der Waals surface area contributed by atoms with E-state index in [0.717, 1.165) is 18.2 Å². The van der Waals surface area contributed by atoms with Crippen molar-refractivity contribution in [1.82, 2.24) is 5.32 Å². The maximum Gasteiger partial charge on any atom is 0.326 e. The fourth-order valence-corrected chi connectivity index (χ4v) is 1.29. The van der Waals surface area contributed by atoms with Gasteiger partial charge in [-0.15, -0.1) is 0 Å². The number of urea groups is 1. The number of hydrogen-bond donors (Lipinski definition) is 4. The largest absolute Gasteiger partial charge is 0.480 e. The summed E-state index contributed by atoms with van der Waals surface area (Å²) < 4.78 is 25.5. The molecule has 0 saturated heterocycles. The summed E-state index contributed by atoms with van der Waals surface area (Å²) in [6.45, 7) is -0.414. The van der Waals surface area contributed by atoms with Gasteiger partial charge in [-0.25, -0.2) is 18.4 Å². The van der Waals surface area contributed by atoms with Crippen LogP contribution in [0.1, 0.15) is 6.42 Å². The van der Waals surface area contributed by atoms with Crippen LogP contribution in [0.15, 0.2) is 18.2 Å². The van der Waals surface area contributed by atoms with E-state index in [1.54, 1.807) is 0 Å². The van der Waals surface area contributed by atoms with E-state index in [4.69, 9.17) is 10.2 Å². The molecule has 0 spiro atoms. The molecule has 19 heavy (non-hydrogen) atoms. The smallest absolute Gasteiger partial charge is 0.326 e. The van der Waals surface area contributed by atoms with Crippen LogP contribution >= 0.6 is 0 Å². The summed E-state index contributed by atoms with van der Waals surface area (Å²) in [5, 5.41) is 21.6. The van der Waals surface area contributed by atoms with Crippen LogP contribution in [0.3, 0.4) is 0 Å². The minimum Gasteiger partial charge on any atom is -0.480 e. The monoisotopic (exact) mass is 274 g/mol. The van der Waals surface area contributed by atoms with E-state index < -0.39 is 36.3 Å². The van der Waals surface area contributed by atoms with Gasteiger partial charge in [0.25, 0.3) is 0 Å². The Balaban J connectivity index is 2.63. The Hall–Kier alpha value is -2.22. The van der Waals surface area contributed by atoms with Gasteiger partial charge < -0.3 is 20.8 Å². The van der Waals surface area contributed by atoms with E-state index in [0.29, 0.717) is 0 Å². The number of nitrogens with one attached hydrogen (secondary N) is 2. The molecule has 104 valence electrons. The summed E-state index contributed by atoms with van der Waals surface area (Å²) in [5.74, 6) is -3.51. The summed E-state index contributed by atoms with van der Waals surface area (Å²) in [6.07, 6.45) is -0.166. The Morgan fingerprint density at radius 3 is 2.47 bits per heavy atom. The van der Waals surface area contributed by atoms with Crippen LogP contribution in [0.5, 0.6) is 0 Å². The van der Waals surface area contributed by atoms with Gasteiger partial charge in [-0.1, -0.05) is 0 Å². The molecule has 0 heterocycles. The minimum atomic E-state index is -1.31. The van der Waals surface area contributed by atoms with E-state index in [1.165, 1.54) is 0 Å². The predicted octanol–water partition coefficient (Wildman–Crippen LogP) is 0.922. The third kappa shape index (κ3) is 4.51. The van der Waals surface area contributed by atoms with Crippen LogP contribution in [-0.2, 0) is 4.79 Å². The van der Waals surface area contributed by atoms with Gasteiger partial charge in [0.1, 0.15) is 6.04 Å². The number of benzene rings is 1. The number of amides is 2. The fourth-order valence-electron chi connectivity index (χ4n) is 1.29. The highest BCUT2D eigenvalue weighted by Gasteiger charge is 2.19. The summed E-state index contributed by atoms with van der Waals surface area (Å²) in [5.41, 5.74) is -0.0236. The molecular weight excluding hydrogens is 262 g/mol. The third-order valence-electron chi connectivity index (χ3n) is 2.20. The van der Waals surface area contributed by atoms with Crippen LogP contribution in [-0.4, -0.2) is 34.9 Å². The number of aliphatic hydroxyl groups excluding tert-OH is 1. The van der Waals surface area contributed by atoms with Crippen LogP contribution in [0.25, 0.3) is 0 Å². The van der Waals surface area contributed by atoms with Crippen molar-refractivity contribution in [2.45, 2.75) is 12.5 Å². The van der Waals surface area contributed by atoms with Crippen molar-refractivity contribution in [3.8, 4) is 0 Å². The van der Waals surface area contributed by atoms with Crippen LogP contribution in [0, 0.1) is 11.6 Å². The number of rotatable bonds is 5. The van der Waals surface area contributed by atoms with Gasteiger partial charge >= 0.3 is 12.0 Å². The van der Waals surface area contributed by atoms with Crippen LogP contribution in [0.2, 0.25) is 0 Å². The van der Waals surface area contributed by atoms with Gasteiger partial charge in [0.05, 0.1) is 0 Å². The van der Waals surface area contributed by atoms with Crippen molar-refractivity contribution in [1.29, 1.82) is 0 Å². The number of carboxylic acids is 1. The van der Waals surface area contributed by atoms with Crippen molar-refractivity contribution in [3.05, 3.63) is 29.8 Å². The van der Waals surface area contributed by atoms with Crippen molar-refractivity contribution >= 4 is 17.7 Å². The number of anilines is 1. The lowest BCUT2D eigenvalue weighted by Crippen LogP contribution is -2.43. The quantitative estimate of drug-likeness (QED) is 0.641. The van der Waals surface area contributed by atoms with Gasteiger partial charge in [0.2, 0.25) is 0 Å². The standard InChI is InChI=1S/C11H12F2N2O4/c12-7-2-1-6(5-8(7)13)14-11(19)15-9(3-4-16)10(17)18/h1-2,5,9,16H,3-4H2,(H,17,18)(H2,14,15,19). The number of hydrogen-bond acceptors (Lipinski definition) is 3. The molecule has 1 atom stereocenters. The number of carboxylic acid groups (broad SMARTS) is 1. The molecule has 1 rings (SSSR count). The number of carbonyl (C=O) groups excluding carboxylic acids is 1. The Labute approximate surface area is 107 Å². The second kappa shape index (κ2) is 6.64. The predicted molar refractivity (Wildman–Crippen MR) is 61.6 cm³/mol. The second-order valence-corrected chi connectivity index (χ2v) is 3.63. The van der Waals surface area contributed by atoms with E-state index in [2.05, 4.69) is 10.6 Å². The van der Waals surface area contributed by atoms with E-state index in [-0.39, 0.29) is 12.1 Å². The van der Waals surface area contributed by atoms with Gasteiger partial charge in [0.15, 0.2) is 11.6 Å². The van der Waals surface area contributed by atoms with Crippen molar-refractivity contribution in [2.24, 2.45) is 0 Å². The summed E-state index contributed by atoms with van der Waals surface area (Å²) in [6, 6.07) is 0.548. The molecule has 2 amide bonds. The average molecular weight is 274 g/mol. The number of aliphatic carboxylic acids is 1. The molecule has 0 radical (unpaired) electrons. The average Bonchev–Trinajstić information content (AvgIpc) is 2.33. The van der Waals surface area contributed by atoms with Crippen molar-refractivity contribution in [3.63, 3.8) is 0 Å². The minimum absolute atomic E-state index is 0.0236. The van der Waals surface area contributed by atoms with Crippen molar-refractivity contribution < 1.29 is 28.6 Å². The lowest BCUT2D eigenvalue weighted by atomic mass is 10.2. The normalized spacial score (nSPS) is 11.7. The first-order valence-corrected chi connectivity index (χ1v) is 5.30. The SMILES string of the molecule is O=C(Nc1ccc(F)c(F)c1)NC(CCO)C(=O)O. The molecule has 1 aromatic rings. The van der Waals surface area contributed by atoms with Gasteiger partial charge in [0, 0.05) is 24.8 Å². The zero-order valence-electron chi connectivity index (χ0n) is 9.69. The first-order valence-electron chi connectivity index (χ1n) is 5.30. The van der Waals surface area contributed by atoms with E-state index >= 15 is 0 Å². The zero-order chi connectivity index (χ0) is 14.4. The van der Waals surface area contributed by atoms with Crippen LogP contribution < -0.4 is 10.6 Å². The van der Waals surface area contributed by atoms with E-state index in [9.17, 15) is 18.4 Å². The number of carbonyl (C=O) groups is 2. The lowest BCUT2D eigenvalue weighted by molar-refractivity contribution is -0.139. The maximum absolute atomic E-state index is 12.9. The Morgan fingerprint density at radius 1 is 1.26 bits per heavy atom. The summed E-state index contributed by atoms with van der Waals surface area (Å²) >= 11 is 0. The molecule has 4 N–H and O–H groups in total. The fraction of sp³-hybridized carbons (Fsp3) is 0.273.